The Hall–Kier alpha value is 0.180. The molecule has 114 valence electrons. The van der Waals surface area contributed by atoms with Crippen LogP contribution in [0.4, 0.5) is 4.79 Å². The molecule has 0 unspecified atom stereocenters. The Morgan fingerprint density at radius 1 is 1.50 bits per heavy atom. The normalized spacial score (nSPS) is 11.4. The van der Waals surface area contributed by atoms with Crippen LogP contribution in [0, 0.1) is 2.88 Å². The van der Waals surface area contributed by atoms with Crippen LogP contribution in [0.3, 0.4) is 0 Å². The molecular weight excluding hydrogens is 455 g/mol. The molecule has 0 saturated heterocycles. The number of carbonyl (C=O) groups is 1. The first kappa shape index (κ1) is 18.2. The van der Waals surface area contributed by atoms with Gasteiger partial charge in [-0.25, -0.2) is 4.79 Å². The highest BCUT2D eigenvalue weighted by molar-refractivity contribution is 14.1. The van der Waals surface area contributed by atoms with Crippen molar-refractivity contribution in [2.75, 3.05) is 6.61 Å². The molecule has 0 aliphatic heterocycles. The van der Waals surface area contributed by atoms with Gasteiger partial charge in [-0.05, 0) is 76.8 Å². The Labute approximate surface area is 146 Å². The van der Waals surface area contributed by atoms with Crippen LogP contribution in [0.2, 0.25) is 0 Å². The summed E-state index contributed by atoms with van der Waals surface area (Å²) in [5.74, 6) is 0. The van der Waals surface area contributed by atoms with E-state index in [4.69, 9.17) is 9.47 Å². The quantitative estimate of drug-likeness (QED) is 0.371. The third-order valence-corrected chi connectivity index (χ3v) is 5.53. The largest absolute Gasteiger partial charge is 0.508 e. The molecule has 6 heteroatoms. The summed E-state index contributed by atoms with van der Waals surface area (Å²) in [6, 6.07) is 2.09. The van der Waals surface area contributed by atoms with Crippen LogP contribution in [0.25, 0.3) is 0 Å². The number of halogens is 2. The van der Waals surface area contributed by atoms with E-state index in [0.29, 0.717) is 13.0 Å². The molecule has 1 rings (SSSR count). The zero-order chi connectivity index (χ0) is 15.2. The van der Waals surface area contributed by atoms with Crippen LogP contribution in [0.15, 0.2) is 9.85 Å². The summed E-state index contributed by atoms with van der Waals surface area (Å²) in [7, 11) is 0. The van der Waals surface area contributed by atoms with Crippen LogP contribution in [0.5, 0.6) is 0 Å². The summed E-state index contributed by atoms with van der Waals surface area (Å²) in [6.07, 6.45) is 3.11. The standard InChI is InChI=1S/C14H20BrIO3S/c1-4-5-7-14(2,3)19-13(17)18-8-6-10-9-11(16)20-12(10)15/h9H,4-8H2,1-3H3. The van der Waals surface area contributed by atoms with E-state index in [1.807, 2.05) is 13.8 Å². The summed E-state index contributed by atoms with van der Waals surface area (Å²) >= 11 is 7.46. The molecule has 1 aromatic rings. The van der Waals surface area contributed by atoms with Gasteiger partial charge in [-0.1, -0.05) is 13.3 Å². The monoisotopic (exact) mass is 474 g/mol. The molecule has 0 saturated carbocycles. The second kappa shape index (κ2) is 8.58. The van der Waals surface area contributed by atoms with Gasteiger partial charge >= 0.3 is 6.16 Å². The first-order chi connectivity index (χ1) is 9.34. The van der Waals surface area contributed by atoms with Gasteiger partial charge in [0.25, 0.3) is 0 Å². The van der Waals surface area contributed by atoms with E-state index in [0.717, 1.165) is 28.6 Å². The Morgan fingerprint density at radius 2 is 2.20 bits per heavy atom. The van der Waals surface area contributed by atoms with Gasteiger partial charge in [0.2, 0.25) is 0 Å². The smallest absolute Gasteiger partial charge is 0.434 e. The maximum atomic E-state index is 11.6. The second-order valence-electron chi connectivity index (χ2n) is 5.16. The highest BCUT2D eigenvalue weighted by Gasteiger charge is 2.23. The number of ether oxygens (including phenoxy) is 2. The fourth-order valence-corrected chi connectivity index (χ4v) is 5.14. The Morgan fingerprint density at radius 3 is 2.75 bits per heavy atom. The molecule has 0 atom stereocenters. The van der Waals surface area contributed by atoms with E-state index in [-0.39, 0.29) is 0 Å². The lowest BCUT2D eigenvalue weighted by Crippen LogP contribution is -2.28. The van der Waals surface area contributed by atoms with E-state index in [1.165, 1.54) is 2.88 Å². The van der Waals surface area contributed by atoms with Crippen LogP contribution in [-0.2, 0) is 15.9 Å². The molecule has 0 aromatic carbocycles. The van der Waals surface area contributed by atoms with Gasteiger partial charge in [-0.2, -0.15) is 0 Å². The number of thiophene rings is 1. The maximum Gasteiger partial charge on any atom is 0.508 e. The zero-order valence-corrected chi connectivity index (χ0v) is 16.6. The van der Waals surface area contributed by atoms with Gasteiger partial charge in [-0.3, -0.25) is 0 Å². The lowest BCUT2D eigenvalue weighted by molar-refractivity contribution is -0.0208. The van der Waals surface area contributed by atoms with Crippen molar-refractivity contribution in [3.05, 3.63) is 18.3 Å². The lowest BCUT2D eigenvalue weighted by atomic mass is 10.0. The molecule has 1 aromatic heterocycles. The minimum Gasteiger partial charge on any atom is -0.434 e. The van der Waals surface area contributed by atoms with Crippen molar-refractivity contribution in [1.29, 1.82) is 0 Å². The van der Waals surface area contributed by atoms with E-state index in [9.17, 15) is 4.79 Å². The van der Waals surface area contributed by atoms with Crippen LogP contribution in [-0.4, -0.2) is 18.4 Å². The molecule has 20 heavy (non-hydrogen) atoms. The van der Waals surface area contributed by atoms with E-state index >= 15 is 0 Å². The van der Waals surface area contributed by atoms with Gasteiger partial charge < -0.3 is 9.47 Å². The van der Waals surface area contributed by atoms with Gasteiger partial charge in [-0.15, -0.1) is 11.3 Å². The summed E-state index contributed by atoms with van der Waals surface area (Å²) in [5, 5.41) is 0. The molecular formula is C14H20BrIO3S. The third kappa shape index (κ3) is 6.76. The average Bonchev–Trinajstić information content (AvgIpc) is 2.65. The predicted octanol–water partition coefficient (Wildman–Crippen LogP) is 5.78. The van der Waals surface area contributed by atoms with Gasteiger partial charge in [0.05, 0.1) is 13.3 Å². The summed E-state index contributed by atoms with van der Waals surface area (Å²) in [5.41, 5.74) is 0.711. The predicted molar refractivity (Wildman–Crippen MR) is 94.5 cm³/mol. The van der Waals surface area contributed by atoms with Crippen molar-refractivity contribution in [2.45, 2.75) is 52.1 Å². The molecule has 0 N–H and O–H groups in total. The van der Waals surface area contributed by atoms with E-state index in [1.54, 1.807) is 11.3 Å². The van der Waals surface area contributed by atoms with Crippen molar-refractivity contribution < 1.29 is 14.3 Å². The van der Waals surface area contributed by atoms with Crippen LogP contribution in [0.1, 0.15) is 45.6 Å². The van der Waals surface area contributed by atoms with Crippen molar-refractivity contribution in [2.24, 2.45) is 0 Å². The highest BCUT2D eigenvalue weighted by atomic mass is 127. The topological polar surface area (TPSA) is 35.5 Å². The summed E-state index contributed by atoms with van der Waals surface area (Å²) in [6.45, 7) is 6.30. The highest BCUT2D eigenvalue weighted by Crippen LogP contribution is 2.29. The first-order valence-corrected chi connectivity index (χ1v) is 9.32. The van der Waals surface area contributed by atoms with Crippen molar-refractivity contribution in [3.63, 3.8) is 0 Å². The molecule has 1 heterocycles. The molecule has 0 amide bonds. The molecule has 0 fully saturated rings. The first-order valence-electron chi connectivity index (χ1n) is 6.63. The molecule has 0 radical (unpaired) electrons. The lowest BCUT2D eigenvalue weighted by Gasteiger charge is -2.24. The molecule has 0 spiro atoms. The minimum atomic E-state index is -0.577. The Balaban J connectivity index is 2.31. The van der Waals surface area contributed by atoms with Crippen molar-refractivity contribution >= 4 is 56.0 Å². The number of hydrogen-bond acceptors (Lipinski definition) is 4. The number of rotatable bonds is 7. The number of carbonyl (C=O) groups excluding carboxylic acids is 1. The molecule has 0 aliphatic carbocycles. The average molecular weight is 475 g/mol. The second-order valence-corrected chi connectivity index (χ2v) is 9.43. The van der Waals surface area contributed by atoms with Gasteiger partial charge in [0.1, 0.15) is 5.60 Å². The minimum absolute atomic E-state index is 0.341. The van der Waals surface area contributed by atoms with E-state index < -0.39 is 11.8 Å². The summed E-state index contributed by atoms with van der Waals surface area (Å²) in [4.78, 5) is 11.6. The Bertz CT molecular complexity index is 446. The molecule has 3 nitrogen and oxygen atoms in total. The van der Waals surface area contributed by atoms with Crippen molar-refractivity contribution in [1.82, 2.24) is 0 Å². The fourth-order valence-electron chi connectivity index (χ4n) is 1.70. The maximum absolute atomic E-state index is 11.6. The van der Waals surface area contributed by atoms with Gasteiger partial charge in [0, 0.05) is 6.42 Å². The molecule has 0 bridgehead atoms. The Kier molecular flexibility index (Phi) is 7.82. The zero-order valence-electron chi connectivity index (χ0n) is 12.0. The van der Waals surface area contributed by atoms with Crippen LogP contribution < -0.4 is 0 Å². The SMILES string of the molecule is CCCCC(C)(C)OC(=O)OCCc1cc(I)sc1Br. The number of unbranched alkanes of at least 4 members (excludes halogenated alkanes) is 1. The fraction of sp³-hybridized carbons (Fsp3) is 0.643. The molecule has 0 aliphatic rings. The van der Waals surface area contributed by atoms with Crippen LogP contribution >= 0.6 is 49.9 Å². The summed E-state index contributed by atoms with van der Waals surface area (Å²) < 4.78 is 12.8. The van der Waals surface area contributed by atoms with Gasteiger partial charge in [0.15, 0.2) is 0 Å². The van der Waals surface area contributed by atoms with Crippen molar-refractivity contribution in [3.8, 4) is 0 Å². The third-order valence-electron chi connectivity index (χ3n) is 2.81. The number of hydrogen-bond donors (Lipinski definition) is 0. The van der Waals surface area contributed by atoms with E-state index in [2.05, 4.69) is 51.5 Å².